The van der Waals surface area contributed by atoms with Gasteiger partial charge in [-0.25, -0.2) is 15.0 Å². The molecule has 0 saturated heterocycles. The molecule has 1 fully saturated rings. The van der Waals surface area contributed by atoms with E-state index in [-0.39, 0.29) is 12.0 Å². The average Bonchev–Trinajstić information content (AvgIpc) is 3.48. The van der Waals surface area contributed by atoms with E-state index >= 15 is 0 Å². The number of aliphatic hydroxyl groups excluding tert-OH is 2. The highest BCUT2D eigenvalue weighted by atomic mass is 79.9. The quantitative estimate of drug-likeness (QED) is 0.354. The van der Waals surface area contributed by atoms with E-state index in [1.165, 1.54) is 0 Å². The SMILES string of the molecule is Cc1ncnc2c1ccn2[C@@H]1C[C@@]2(C=C[C@@H](c3ccc4cc(Br)c(N)nc4c3)C2)[C@@H](O)[C@H]1O. The first kappa shape index (κ1) is 20.8. The van der Waals surface area contributed by atoms with Crippen LogP contribution in [0.3, 0.4) is 0 Å². The second-order valence-corrected chi connectivity index (χ2v) is 10.2. The van der Waals surface area contributed by atoms with Crippen LogP contribution in [0.1, 0.15) is 36.1 Å². The molecular formula is C25H24BrN5O2. The summed E-state index contributed by atoms with van der Waals surface area (Å²) in [5.74, 6) is 0.598. The van der Waals surface area contributed by atoms with Gasteiger partial charge in [-0.15, -0.1) is 0 Å². The van der Waals surface area contributed by atoms with Gasteiger partial charge >= 0.3 is 0 Å². The molecule has 0 radical (unpaired) electrons. The fourth-order valence-electron chi connectivity index (χ4n) is 5.67. The maximum Gasteiger partial charge on any atom is 0.143 e. The normalized spacial score (nSPS) is 29.1. The Balaban J connectivity index is 1.31. The molecule has 0 unspecified atom stereocenters. The molecule has 1 spiro atoms. The summed E-state index contributed by atoms with van der Waals surface area (Å²) in [6, 6.07) is 9.92. The van der Waals surface area contributed by atoms with Crippen molar-refractivity contribution in [1.82, 2.24) is 19.5 Å². The van der Waals surface area contributed by atoms with Gasteiger partial charge in [-0.1, -0.05) is 24.3 Å². The van der Waals surface area contributed by atoms with Crippen LogP contribution in [0.2, 0.25) is 0 Å². The highest BCUT2D eigenvalue weighted by Gasteiger charge is 2.54. The molecule has 2 aliphatic carbocycles. The third kappa shape index (κ3) is 3.12. The van der Waals surface area contributed by atoms with Gasteiger partial charge in [0.2, 0.25) is 0 Å². The fraction of sp³-hybridized carbons (Fsp3) is 0.320. The van der Waals surface area contributed by atoms with E-state index in [0.29, 0.717) is 12.2 Å². The summed E-state index contributed by atoms with van der Waals surface area (Å²) in [6.45, 7) is 1.95. The number of nitrogens with zero attached hydrogens (tertiary/aromatic N) is 4. The number of fused-ring (bicyclic) bond motifs is 2. The highest BCUT2D eigenvalue weighted by molar-refractivity contribution is 9.10. The zero-order chi connectivity index (χ0) is 22.9. The molecule has 7 nitrogen and oxygen atoms in total. The number of nitrogens with two attached hydrogens (primary N) is 1. The Labute approximate surface area is 199 Å². The first-order valence-corrected chi connectivity index (χ1v) is 11.8. The van der Waals surface area contributed by atoms with Crippen molar-refractivity contribution in [1.29, 1.82) is 0 Å². The lowest BCUT2D eigenvalue weighted by Crippen LogP contribution is -2.34. The van der Waals surface area contributed by atoms with Gasteiger partial charge in [0.1, 0.15) is 23.9 Å². The third-order valence-corrected chi connectivity index (χ3v) is 8.11. The predicted octanol–water partition coefficient (Wildman–Crippen LogP) is 4.03. The number of aryl methyl sites for hydroxylation is 1. The summed E-state index contributed by atoms with van der Waals surface area (Å²) in [5.41, 5.74) is 9.16. The molecule has 168 valence electrons. The van der Waals surface area contributed by atoms with Gasteiger partial charge in [-0.2, -0.15) is 0 Å². The number of allylic oxidation sites excluding steroid dienone is 1. The second-order valence-electron chi connectivity index (χ2n) is 9.34. The molecule has 5 atom stereocenters. The van der Waals surface area contributed by atoms with E-state index in [1.807, 2.05) is 29.8 Å². The Morgan fingerprint density at radius 2 is 2.00 bits per heavy atom. The van der Waals surface area contributed by atoms with Crippen molar-refractivity contribution in [2.45, 2.75) is 43.9 Å². The number of aromatic nitrogens is 4. The second kappa shape index (κ2) is 7.35. The molecular weight excluding hydrogens is 482 g/mol. The molecule has 0 bridgehead atoms. The summed E-state index contributed by atoms with van der Waals surface area (Å²) in [7, 11) is 0. The Morgan fingerprint density at radius 3 is 2.85 bits per heavy atom. The standard InChI is InChI=1S/C25H24BrN5O2/c1-13-17-5-7-31(24(17)29-12-28-13)20-11-25(22(33)21(20)32)6-4-16(10-25)14-2-3-15-8-18(26)23(27)30-19(15)9-14/h2-9,12,16,20-22,32-33H,10-11H2,1H3,(H2,27,30)/t16-,20-,21+,22+,25+/m1/s1. The van der Waals surface area contributed by atoms with Crippen molar-refractivity contribution < 1.29 is 10.2 Å². The maximum atomic E-state index is 11.2. The maximum absolute atomic E-state index is 11.2. The first-order valence-electron chi connectivity index (χ1n) is 11.1. The molecule has 3 heterocycles. The summed E-state index contributed by atoms with van der Waals surface area (Å²) in [6.07, 6.45) is 7.38. The van der Waals surface area contributed by atoms with Gasteiger partial charge in [-0.05, 0) is 59.5 Å². The molecule has 1 saturated carbocycles. The van der Waals surface area contributed by atoms with Crippen LogP contribution in [-0.4, -0.2) is 41.9 Å². The van der Waals surface area contributed by atoms with Crippen molar-refractivity contribution >= 4 is 43.7 Å². The Hall–Kier alpha value is -2.81. The van der Waals surface area contributed by atoms with Crippen LogP contribution in [0.25, 0.3) is 21.9 Å². The zero-order valence-electron chi connectivity index (χ0n) is 18.1. The zero-order valence-corrected chi connectivity index (χ0v) is 19.6. The number of halogens is 1. The lowest BCUT2D eigenvalue weighted by Gasteiger charge is -2.27. The number of pyridine rings is 1. The lowest BCUT2D eigenvalue weighted by molar-refractivity contribution is -0.0129. The van der Waals surface area contributed by atoms with Gasteiger partial charge < -0.3 is 20.5 Å². The molecule has 2 aliphatic rings. The molecule has 8 heteroatoms. The predicted molar refractivity (Wildman–Crippen MR) is 131 cm³/mol. The monoisotopic (exact) mass is 505 g/mol. The van der Waals surface area contributed by atoms with Crippen LogP contribution in [-0.2, 0) is 0 Å². The van der Waals surface area contributed by atoms with E-state index in [4.69, 9.17) is 5.73 Å². The van der Waals surface area contributed by atoms with Crippen LogP contribution in [0, 0.1) is 12.3 Å². The van der Waals surface area contributed by atoms with Crippen LogP contribution in [0.4, 0.5) is 5.82 Å². The smallest absolute Gasteiger partial charge is 0.143 e. The molecule has 4 aromatic rings. The van der Waals surface area contributed by atoms with Gasteiger partial charge in [0.05, 0.1) is 27.8 Å². The minimum atomic E-state index is -0.880. The molecule has 3 aromatic heterocycles. The van der Waals surface area contributed by atoms with Gasteiger partial charge in [0, 0.05) is 28.3 Å². The number of anilines is 1. The van der Waals surface area contributed by atoms with E-state index in [0.717, 1.165) is 44.1 Å². The minimum absolute atomic E-state index is 0.132. The highest BCUT2D eigenvalue weighted by Crippen LogP contribution is 2.55. The molecule has 4 N–H and O–H groups in total. The largest absolute Gasteiger partial charge is 0.389 e. The van der Waals surface area contributed by atoms with Crippen molar-refractivity contribution in [3.05, 3.63) is 70.7 Å². The number of aliphatic hydroxyl groups is 2. The van der Waals surface area contributed by atoms with Crippen LogP contribution in [0.5, 0.6) is 0 Å². The number of nitrogen functional groups attached to an aromatic ring is 1. The number of benzene rings is 1. The van der Waals surface area contributed by atoms with Crippen LogP contribution >= 0.6 is 15.9 Å². The Morgan fingerprint density at radius 1 is 1.15 bits per heavy atom. The topological polar surface area (TPSA) is 110 Å². The number of hydrogen-bond donors (Lipinski definition) is 3. The summed E-state index contributed by atoms with van der Waals surface area (Å²) < 4.78 is 2.78. The number of hydrogen-bond acceptors (Lipinski definition) is 6. The first-order chi connectivity index (χ1) is 15.9. The Bertz CT molecular complexity index is 1430. The minimum Gasteiger partial charge on any atom is -0.389 e. The van der Waals surface area contributed by atoms with E-state index < -0.39 is 17.6 Å². The average molecular weight is 506 g/mol. The van der Waals surface area contributed by atoms with Crippen molar-refractivity contribution in [3.8, 4) is 0 Å². The van der Waals surface area contributed by atoms with Gasteiger partial charge in [0.15, 0.2) is 0 Å². The van der Waals surface area contributed by atoms with E-state index in [2.05, 4.69) is 61.2 Å². The molecule has 6 rings (SSSR count). The number of rotatable bonds is 2. The van der Waals surface area contributed by atoms with Crippen molar-refractivity contribution in [3.63, 3.8) is 0 Å². The lowest BCUT2D eigenvalue weighted by atomic mass is 9.80. The molecule has 0 amide bonds. The van der Waals surface area contributed by atoms with Crippen LogP contribution < -0.4 is 5.73 Å². The van der Waals surface area contributed by atoms with Crippen molar-refractivity contribution in [2.75, 3.05) is 5.73 Å². The van der Waals surface area contributed by atoms with E-state index in [9.17, 15) is 10.2 Å². The summed E-state index contributed by atoms with van der Waals surface area (Å²) in [5, 5.41) is 24.2. The van der Waals surface area contributed by atoms with Crippen LogP contribution in [0.15, 0.2) is 59.5 Å². The molecule has 33 heavy (non-hydrogen) atoms. The van der Waals surface area contributed by atoms with Gasteiger partial charge in [0.25, 0.3) is 0 Å². The Kier molecular flexibility index (Phi) is 4.62. The molecule has 1 aromatic carbocycles. The fourth-order valence-corrected chi connectivity index (χ4v) is 6.00. The third-order valence-electron chi connectivity index (χ3n) is 7.47. The van der Waals surface area contributed by atoms with Crippen molar-refractivity contribution in [2.24, 2.45) is 5.41 Å². The summed E-state index contributed by atoms with van der Waals surface area (Å²) in [4.78, 5) is 13.2. The summed E-state index contributed by atoms with van der Waals surface area (Å²) >= 11 is 3.43. The van der Waals surface area contributed by atoms with E-state index in [1.54, 1.807) is 6.33 Å². The molecule has 0 aliphatic heterocycles. The van der Waals surface area contributed by atoms with Gasteiger partial charge in [-0.3, -0.25) is 0 Å².